The molecule has 1 aromatic carbocycles. The molecule has 0 aliphatic carbocycles. The summed E-state index contributed by atoms with van der Waals surface area (Å²) in [7, 11) is 0. The monoisotopic (exact) mass is 365 g/mol. The Bertz CT molecular complexity index is 844. The van der Waals surface area contributed by atoms with E-state index >= 15 is 0 Å². The van der Waals surface area contributed by atoms with Gasteiger partial charge in [0.05, 0.1) is 0 Å². The molecule has 6 heteroatoms. The van der Waals surface area contributed by atoms with Crippen LogP contribution in [0.1, 0.15) is 35.6 Å². The van der Waals surface area contributed by atoms with Crippen LogP contribution in [0.4, 0.5) is 11.6 Å². The van der Waals surface area contributed by atoms with Gasteiger partial charge in [0.25, 0.3) is 5.91 Å². The van der Waals surface area contributed by atoms with Gasteiger partial charge in [-0.25, -0.2) is 9.97 Å². The zero-order valence-electron chi connectivity index (χ0n) is 16.4. The Hall–Kier alpha value is -2.47. The topological polar surface area (TPSA) is 52.6 Å². The van der Waals surface area contributed by atoms with Crippen LogP contribution in [0, 0.1) is 6.92 Å². The molecule has 1 unspecified atom stereocenters. The molecule has 0 N–H and O–H groups in total. The molecule has 6 nitrogen and oxygen atoms in total. The van der Waals surface area contributed by atoms with E-state index in [2.05, 4.69) is 39.7 Å². The molecule has 1 fully saturated rings. The molecule has 27 heavy (non-hydrogen) atoms. The Morgan fingerprint density at radius 1 is 1.15 bits per heavy atom. The van der Waals surface area contributed by atoms with Crippen molar-refractivity contribution in [1.29, 1.82) is 0 Å². The van der Waals surface area contributed by atoms with Crippen molar-refractivity contribution in [3.8, 4) is 0 Å². The molecule has 2 aliphatic heterocycles. The SMILES string of the molecule is CCN1CCN(c2nc(C)cc(C(=O)N3c4ccccc4CC3C)n2)CC1. The summed E-state index contributed by atoms with van der Waals surface area (Å²) < 4.78 is 0. The summed E-state index contributed by atoms with van der Waals surface area (Å²) in [4.78, 5) is 29.1. The first-order valence-corrected chi connectivity index (χ1v) is 9.81. The highest BCUT2D eigenvalue weighted by Crippen LogP contribution is 2.33. The molecule has 0 radical (unpaired) electrons. The van der Waals surface area contributed by atoms with Gasteiger partial charge in [-0.15, -0.1) is 0 Å². The van der Waals surface area contributed by atoms with E-state index < -0.39 is 0 Å². The van der Waals surface area contributed by atoms with Gasteiger partial charge < -0.3 is 14.7 Å². The first-order chi connectivity index (χ1) is 13.1. The molecule has 3 heterocycles. The van der Waals surface area contributed by atoms with Crippen LogP contribution in [0.3, 0.4) is 0 Å². The number of rotatable bonds is 3. The quantitative estimate of drug-likeness (QED) is 0.837. The minimum absolute atomic E-state index is 0.0357. The van der Waals surface area contributed by atoms with Crippen molar-refractivity contribution in [1.82, 2.24) is 14.9 Å². The molecule has 2 aromatic rings. The summed E-state index contributed by atoms with van der Waals surface area (Å²) >= 11 is 0. The second kappa shape index (κ2) is 7.27. The van der Waals surface area contributed by atoms with Crippen LogP contribution in [-0.2, 0) is 6.42 Å². The van der Waals surface area contributed by atoms with Gasteiger partial charge in [0.1, 0.15) is 5.69 Å². The maximum atomic E-state index is 13.3. The number of para-hydroxylation sites is 1. The molecule has 4 rings (SSSR count). The maximum absolute atomic E-state index is 13.3. The van der Waals surface area contributed by atoms with E-state index in [0.29, 0.717) is 11.6 Å². The highest BCUT2D eigenvalue weighted by molar-refractivity contribution is 6.06. The van der Waals surface area contributed by atoms with Crippen molar-refractivity contribution in [2.45, 2.75) is 33.2 Å². The number of hydrogen-bond acceptors (Lipinski definition) is 5. The third-order valence-corrected chi connectivity index (χ3v) is 5.59. The van der Waals surface area contributed by atoms with E-state index in [-0.39, 0.29) is 11.9 Å². The average molecular weight is 365 g/mol. The van der Waals surface area contributed by atoms with Gasteiger partial charge in [-0.2, -0.15) is 0 Å². The van der Waals surface area contributed by atoms with E-state index in [9.17, 15) is 4.79 Å². The van der Waals surface area contributed by atoms with Crippen molar-refractivity contribution in [2.75, 3.05) is 42.5 Å². The molecule has 0 spiro atoms. The van der Waals surface area contributed by atoms with Crippen molar-refractivity contribution in [3.05, 3.63) is 47.3 Å². The van der Waals surface area contributed by atoms with Crippen molar-refractivity contribution in [3.63, 3.8) is 0 Å². The fraction of sp³-hybridized carbons (Fsp3) is 0.476. The van der Waals surface area contributed by atoms with Crippen LogP contribution in [0.15, 0.2) is 30.3 Å². The fourth-order valence-electron chi connectivity index (χ4n) is 4.07. The van der Waals surface area contributed by atoms with Crippen LogP contribution in [0.2, 0.25) is 0 Å². The minimum atomic E-state index is -0.0357. The van der Waals surface area contributed by atoms with Crippen molar-refractivity contribution < 1.29 is 4.79 Å². The third-order valence-electron chi connectivity index (χ3n) is 5.59. The second-order valence-electron chi connectivity index (χ2n) is 7.47. The highest BCUT2D eigenvalue weighted by Gasteiger charge is 2.32. The van der Waals surface area contributed by atoms with Crippen LogP contribution >= 0.6 is 0 Å². The van der Waals surface area contributed by atoms with Gasteiger partial charge in [0.2, 0.25) is 5.95 Å². The molecule has 2 aliphatic rings. The van der Waals surface area contributed by atoms with E-state index in [4.69, 9.17) is 0 Å². The van der Waals surface area contributed by atoms with Crippen LogP contribution in [0.5, 0.6) is 0 Å². The van der Waals surface area contributed by atoms with E-state index in [1.165, 1.54) is 5.56 Å². The zero-order valence-corrected chi connectivity index (χ0v) is 16.4. The molecule has 1 saturated heterocycles. The standard InChI is InChI=1S/C21H27N5O/c1-4-24-9-11-25(12-10-24)21-22-15(2)13-18(23-21)20(27)26-16(3)14-17-7-5-6-8-19(17)26/h5-8,13,16H,4,9-12,14H2,1-3H3. The summed E-state index contributed by atoms with van der Waals surface area (Å²) in [6.07, 6.45) is 0.887. The highest BCUT2D eigenvalue weighted by atomic mass is 16.2. The number of carbonyl (C=O) groups excluding carboxylic acids is 1. The number of benzene rings is 1. The van der Waals surface area contributed by atoms with Crippen LogP contribution < -0.4 is 9.80 Å². The second-order valence-corrected chi connectivity index (χ2v) is 7.47. The van der Waals surface area contributed by atoms with Crippen LogP contribution in [0.25, 0.3) is 0 Å². The van der Waals surface area contributed by atoms with Gasteiger partial charge in [-0.05, 0) is 44.5 Å². The Labute approximate surface area is 160 Å². The number of carbonyl (C=O) groups is 1. The van der Waals surface area contributed by atoms with E-state index in [1.807, 2.05) is 36.1 Å². The van der Waals surface area contributed by atoms with Crippen molar-refractivity contribution >= 4 is 17.5 Å². The molecule has 0 bridgehead atoms. The molecule has 142 valence electrons. The Balaban J connectivity index is 1.61. The largest absolute Gasteiger partial charge is 0.338 e. The molecule has 1 amide bonds. The lowest BCUT2D eigenvalue weighted by molar-refractivity contribution is 0.0976. The summed E-state index contributed by atoms with van der Waals surface area (Å²) in [5, 5.41) is 0. The van der Waals surface area contributed by atoms with Gasteiger partial charge in [-0.3, -0.25) is 4.79 Å². The smallest absolute Gasteiger partial charge is 0.277 e. The molecule has 1 atom stereocenters. The minimum Gasteiger partial charge on any atom is -0.338 e. The Morgan fingerprint density at radius 3 is 2.63 bits per heavy atom. The predicted octanol–water partition coefficient (Wildman–Crippen LogP) is 2.52. The molecule has 1 aromatic heterocycles. The van der Waals surface area contributed by atoms with E-state index in [1.54, 1.807) is 0 Å². The number of piperazine rings is 1. The first-order valence-electron chi connectivity index (χ1n) is 9.81. The third kappa shape index (κ3) is 3.41. The first kappa shape index (κ1) is 17.9. The lowest BCUT2D eigenvalue weighted by Gasteiger charge is -2.34. The van der Waals surface area contributed by atoms with Gasteiger partial charge in [-0.1, -0.05) is 25.1 Å². The molecular weight excluding hydrogens is 338 g/mol. The summed E-state index contributed by atoms with van der Waals surface area (Å²) in [5.41, 5.74) is 3.55. The summed E-state index contributed by atoms with van der Waals surface area (Å²) in [5.74, 6) is 0.639. The van der Waals surface area contributed by atoms with E-state index in [0.717, 1.165) is 50.5 Å². The lowest BCUT2D eigenvalue weighted by Crippen LogP contribution is -2.47. The Morgan fingerprint density at radius 2 is 1.89 bits per heavy atom. The number of fused-ring (bicyclic) bond motifs is 1. The summed E-state index contributed by atoms with van der Waals surface area (Å²) in [6.45, 7) is 11.1. The fourth-order valence-corrected chi connectivity index (χ4v) is 4.07. The number of likely N-dealkylation sites (N-methyl/N-ethyl adjacent to an activating group) is 1. The lowest BCUT2D eigenvalue weighted by atomic mass is 10.1. The number of anilines is 2. The van der Waals surface area contributed by atoms with Crippen molar-refractivity contribution in [2.24, 2.45) is 0 Å². The number of aromatic nitrogens is 2. The summed E-state index contributed by atoms with van der Waals surface area (Å²) in [6, 6.07) is 10.1. The number of aryl methyl sites for hydroxylation is 1. The van der Waals surface area contributed by atoms with Gasteiger partial charge >= 0.3 is 0 Å². The number of nitrogens with zero attached hydrogens (tertiary/aromatic N) is 5. The van der Waals surface area contributed by atoms with Crippen LogP contribution in [-0.4, -0.2) is 59.5 Å². The zero-order chi connectivity index (χ0) is 19.0. The van der Waals surface area contributed by atoms with Gasteiger partial charge in [0, 0.05) is 43.6 Å². The molecule has 0 saturated carbocycles. The molecular formula is C21H27N5O. The normalized spacial score (nSPS) is 20.0. The maximum Gasteiger partial charge on any atom is 0.277 e. The number of hydrogen-bond donors (Lipinski definition) is 0. The predicted molar refractivity (Wildman–Crippen MR) is 108 cm³/mol. The van der Waals surface area contributed by atoms with Gasteiger partial charge in [0.15, 0.2) is 0 Å². The average Bonchev–Trinajstić information content (AvgIpc) is 3.02. The number of amides is 1. The Kier molecular flexibility index (Phi) is 4.83.